The van der Waals surface area contributed by atoms with E-state index in [1.54, 1.807) is 12.2 Å². The summed E-state index contributed by atoms with van der Waals surface area (Å²) in [5, 5.41) is 7.53. The monoisotopic (exact) mass is 829 g/mol. The Bertz CT molecular complexity index is 3790. The summed E-state index contributed by atoms with van der Waals surface area (Å²) in [6.07, 6.45) is 3.28. The molecule has 12 aromatic rings. The van der Waals surface area contributed by atoms with Crippen LogP contribution in [0.15, 0.2) is 250 Å². The van der Waals surface area contributed by atoms with Crippen LogP contribution in [0.5, 0.6) is 0 Å². The van der Waals surface area contributed by atoms with Gasteiger partial charge in [-0.3, -0.25) is 0 Å². The normalized spacial score (nSPS) is 11.5. The number of rotatable bonds is 6. The molecule has 0 N–H and O–H groups in total. The Balaban J connectivity index is 0.00000107. The number of aromatic nitrogens is 2. The molecular formula is C62H43N3. The van der Waals surface area contributed by atoms with E-state index in [0.29, 0.717) is 0 Å². The van der Waals surface area contributed by atoms with Crippen molar-refractivity contribution in [1.29, 1.82) is 0 Å². The van der Waals surface area contributed by atoms with Gasteiger partial charge >= 0.3 is 0 Å². The van der Waals surface area contributed by atoms with Crippen molar-refractivity contribution < 1.29 is 0 Å². The van der Waals surface area contributed by atoms with Crippen LogP contribution < -0.4 is 4.90 Å². The zero-order valence-electron chi connectivity index (χ0n) is 35.8. The first-order chi connectivity index (χ1) is 32.2. The minimum absolute atomic E-state index is 1.10. The van der Waals surface area contributed by atoms with Crippen LogP contribution in [0.1, 0.15) is 0 Å². The second kappa shape index (κ2) is 15.6. The highest BCUT2D eigenvalue weighted by molar-refractivity contribution is 6.18. The first-order valence-corrected chi connectivity index (χ1v) is 22.2. The lowest BCUT2D eigenvalue weighted by atomic mass is 9.93. The lowest BCUT2D eigenvalue weighted by molar-refractivity contribution is 1.17. The van der Waals surface area contributed by atoms with Crippen molar-refractivity contribution in [2.75, 3.05) is 4.90 Å². The molecule has 0 fully saturated rings. The standard InChI is InChI=1S/C58H37N3.C4H6/c1-2-15-42(16-3-1)59(43-29-27-39(28-30-43)41-26-25-38-13-4-5-14-40(38)35-41)44-31-33-45(34-32-44)60-54-23-10-9-20-49(54)53-37-57-52(36-56(53)60)47-18-7-6-17-46(47)50-21-12-22-51-48-19-8-11-24-55(48)61(57)58(50)51;1-3-4-2/h1-37H;3-4H,1-2H2. The molecule has 3 nitrogen and oxygen atoms in total. The lowest BCUT2D eigenvalue weighted by Gasteiger charge is -2.26. The molecule has 306 valence electrons. The van der Waals surface area contributed by atoms with E-state index in [9.17, 15) is 0 Å². The Morgan fingerprint density at radius 3 is 1.60 bits per heavy atom. The summed E-state index contributed by atoms with van der Waals surface area (Å²) < 4.78 is 4.96. The summed E-state index contributed by atoms with van der Waals surface area (Å²) in [6, 6.07) is 82.3. The molecule has 0 aliphatic carbocycles. The molecule has 1 aliphatic rings. The summed E-state index contributed by atoms with van der Waals surface area (Å²) >= 11 is 0. The number of nitrogens with zero attached hydrogens (tertiary/aromatic N) is 3. The highest BCUT2D eigenvalue weighted by atomic mass is 15.1. The van der Waals surface area contributed by atoms with Crippen LogP contribution >= 0.6 is 0 Å². The fraction of sp³-hybridized carbons (Fsp3) is 0. The van der Waals surface area contributed by atoms with E-state index in [2.05, 4.69) is 252 Å². The molecule has 0 bridgehead atoms. The maximum absolute atomic E-state index is 3.36. The predicted molar refractivity (Wildman–Crippen MR) is 278 cm³/mol. The summed E-state index contributed by atoms with van der Waals surface area (Å²) in [5.41, 5.74) is 17.9. The minimum atomic E-state index is 1.10. The Hall–Kier alpha value is -8.66. The van der Waals surface area contributed by atoms with Crippen LogP contribution in [-0.4, -0.2) is 9.13 Å². The van der Waals surface area contributed by atoms with Gasteiger partial charge in [-0.05, 0) is 112 Å². The van der Waals surface area contributed by atoms with E-state index in [1.165, 1.54) is 93.5 Å². The van der Waals surface area contributed by atoms with Gasteiger partial charge < -0.3 is 14.0 Å². The van der Waals surface area contributed by atoms with Crippen molar-refractivity contribution in [3.8, 4) is 44.8 Å². The van der Waals surface area contributed by atoms with Crippen LogP contribution in [0.25, 0.3) is 99.1 Å². The van der Waals surface area contributed by atoms with E-state index in [4.69, 9.17) is 0 Å². The predicted octanol–water partition coefficient (Wildman–Crippen LogP) is 17.2. The summed E-state index contributed by atoms with van der Waals surface area (Å²) in [7, 11) is 0. The molecule has 0 atom stereocenters. The fourth-order valence-electron chi connectivity index (χ4n) is 10.1. The number of hydrogen-bond acceptors (Lipinski definition) is 1. The smallest absolute Gasteiger partial charge is 0.0619 e. The largest absolute Gasteiger partial charge is 0.311 e. The molecule has 1 aliphatic heterocycles. The molecule has 0 amide bonds. The van der Waals surface area contributed by atoms with E-state index in [0.717, 1.165) is 22.7 Å². The molecule has 10 aromatic carbocycles. The topological polar surface area (TPSA) is 13.1 Å². The van der Waals surface area contributed by atoms with Gasteiger partial charge in [-0.2, -0.15) is 0 Å². The van der Waals surface area contributed by atoms with Gasteiger partial charge in [0.1, 0.15) is 0 Å². The molecular weight excluding hydrogens is 787 g/mol. The second-order valence-electron chi connectivity index (χ2n) is 16.6. The number of hydrogen-bond donors (Lipinski definition) is 0. The Kier molecular flexibility index (Phi) is 9.13. The molecule has 0 unspecified atom stereocenters. The molecule has 13 rings (SSSR count). The Morgan fingerprint density at radius 1 is 0.338 bits per heavy atom. The molecule has 0 radical (unpaired) electrons. The van der Waals surface area contributed by atoms with Crippen molar-refractivity contribution in [3.05, 3.63) is 250 Å². The molecule has 2 aromatic heterocycles. The molecule has 0 spiro atoms. The summed E-state index contributed by atoms with van der Waals surface area (Å²) in [4.78, 5) is 2.34. The van der Waals surface area contributed by atoms with Gasteiger partial charge in [-0.1, -0.05) is 171 Å². The van der Waals surface area contributed by atoms with Crippen molar-refractivity contribution in [2.45, 2.75) is 0 Å². The number of para-hydroxylation sites is 4. The van der Waals surface area contributed by atoms with E-state index < -0.39 is 0 Å². The third kappa shape index (κ3) is 6.20. The van der Waals surface area contributed by atoms with Gasteiger partial charge in [-0.25, -0.2) is 0 Å². The van der Waals surface area contributed by atoms with E-state index >= 15 is 0 Å². The van der Waals surface area contributed by atoms with Gasteiger partial charge in [0.05, 0.1) is 27.8 Å². The van der Waals surface area contributed by atoms with Crippen LogP contribution in [0.2, 0.25) is 0 Å². The van der Waals surface area contributed by atoms with Crippen molar-refractivity contribution in [3.63, 3.8) is 0 Å². The molecule has 3 heteroatoms. The fourth-order valence-corrected chi connectivity index (χ4v) is 10.1. The van der Waals surface area contributed by atoms with Crippen LogP contribution in [0, 0.1) is 0 Å². The summed E-state index contributed by atoms with van der Waals surface area (Å²) in [5.74, 6) is 0. The maximum Gasteiger partial charge on any atom is 0.0619 e. The Labute approximate surface area is 378 Å². The van der Waals surface area contributed by atoms with Gasteiger partial charge in [0.15, 0.2) is 0 Å². The quantitative estimate of drug-likeness (QED) is 0.152. The maximum atomic E-state index is 3.36. The SMILES string of the molecule is C=CC=C.c1ccc(N(c2ccc(-c3ccc4ccccc4c3)cc2)c2ccc(-n3c4ccccc4c4cc5c(cc43)-c3ccccc3-c3cccc4c6ccccc6n-5c34)cc2)cc1. The number of fused-ring (bicyclic) bond motifs is 12. The van der Waals surface area contributed by atoms with Gasteiger partial charge in [0.2, 0.25) is 0 Å². The van der Waals surface area contributed by atoms with Crippen molar-refractivity contribution in [2.24, 2.45) is 0 Å². The van der Waals surface area contributed by atoms with Gasteiger partial charge in [-0.15, -0.1) is 0 Å². The summed E-state index contributed by atoms with van der Waals surface area (Å²) in [6.45, 7) is 6.72. The van der Waals surface area contributed by atoms with Crippen molar-refractivity contribution in [1.82, 2.24) is 9.13 Å². The average Bonchev–Trinajstić information content (AvgIpc) is 3.85. The minimum Gasteiger partial charge on any atom is -0.311 e. The molecule has 0 saturated heterocycles. The number of anilines is 3. The molecule has 3 heterocycles. The van der Waals surface area contributed by atoms with E-state index in [1.807, 2.05) is 0 Å². The lowest BCUT2D eigenvalue weighted by Crippen LogP contribution is -2.10. The Morgan fingerprint density at radius 2 is 0.877 bits per heavy atom. The number of allylic oxidation sites excluding steroid dienone is 2. The van der Waals surface area contributed by atoms with Crippen LogP contribution in [0.4, 0.5) is 17.1 Å². The molecule has 0 saturated carbocycles. The first-order valence-electron chi connectivity index (χ1n) is 22.2. The third-order valence-electron chi connectivity index (χ3n) is 13.0. The van der Waals surface area contributed by atoms with Crippen LogP contribution in [-0.2, 0) is 0 Å². The van der Waals surface area contributed by atoms with Gasteiger partial charge in [0.25, 0.3) is 0 Å². The zero-order valence-corrected chi connectivity index (χ0v) is 35.8. The molecule has 65 heavy (non-hydrogen) atoms. The van der Waals surface area contributed by atoms with Crippen LogP contribution in [0.3, 0.4) is 0 Å². The third-order valence-corrected chi connectivity index (χ3v) is 13.0. The van der Waals surface area contributed by atoms with Crippen molar-refractivity contribution >= 4 is 71.4 Å². The second-order valence-corrected chi connectivity index (χ2v) is 16.6. The highest BCUT2D eigenvalue weighted by Crippen LogP contribution is 2.49. The average molecular weight is 830 g/mol. The zero-order chi connectivity index (χ0) is 43.4. The van der Waals surface area contributed by atoms with E-state index in [-0.39, 0.29) is 0 Å². The number of benzene rings is 10. The van der Waals surface area contributed by atoms with Gasteiger partial charge in [0, 0.05) is 55.4 Å². The first kappa shape index (κ1) is 38.0. The highest BCUT2D eigenvalue weighted by Gasteiger charge is 2.26.